The second-order valence-electron chi connectivity index (χ2n) is 9.28. The van der Waals surface area contributed by atoms with Crippen LogP contribution in [0, 0.1) is 0 Å². The molecule has 10 N–H and O–H groups in total. The van der Waals surface area contributed by atoms with E-state index in [2.05, 4.69) is 0 Å². The zero-order valence-electron chi connectivity index (χ0n) is 21.7. The standard InChI is InChI=1S/C18H36N3O17P3/c22-14(23)1-4-17(28,40(32,33)34)20-8-6-19(13-38-39(30,31)12-3-16(26)27)7-9-21(11-10-20)18(29,41(35,36)37)5-2-15(24)25/h28-29H,1-13H2,(H,22,23)(H,24,25)(H,26,27)(H,30,31)(H2,32,33,34)(H2,35,36,37). The molecule has 20 nitrogen and oxygen atoms in total. The van der Waals surface area contributed by atoms with E-state index in [4.69, 9.17) is 19.8 Å². The lowest BCUT2D eigenvalue weighted by atomic mass is 10.2. The summed E-state index contributed by atoms with van der Waals surface area (Å²) in [7, 11) is -15.6. The Labute approximate surface area is 233 Å². The van der Waals surface area contributed by atoms with E-state index < -0.39 is 123 Å². The van der Waals surface area contributed by atoms with Gasteiger partial charge in [0.1, 0.15) is 6.73 Å². The second kappa shape index (κ2) is 14.9. The first kappa shape index (κ1) is 37.7. The molecule has 0 aliphatic carbocycles. The molecule has 0 spiro atoms. The number of nitrogens with zero attached hydrogens (tertiary/aromatic N) is 3. The molecule has 0 aromatic rings. The molecule has 3 atom stereocenters. The highest BCUT2D eigenvalue weighted by Crippen LogP contribution is 2.55. The molecule has 0 radical (unpaired) electrons. The lowest BCUT2D eigenvalue weighted by Crippen LogP contribution is -2.55. The van der Waals surface area contributed by atoms with Crippen LogP contribution in [0.4, 0.5) is 0 Å². The molecule has 1 heterocycles. The maximum Gasteiger partial charge on any atom is 0.372 e. The lowest BCUT2D eigenvalue weighted by molar-refractivity contribution is -0.141. The zero-order chi connectivity index (χ0) is 31.9. The van der Waals surface area contributed by atoms with Crippen molar-refractivity contribution in [2.75, 3.05) is 52.2 Å². The van der Waals surface area contributed by atoms with Crippen LogP contribution in [0.5, 0.6) is 0 Å². The van der Waals surface area contributed by atoms with Crippen LogP contribution in [0.3, 0.4) is 0 Å². The number of carbonyl (C=O) groups is 3. The molecule has 0 bridgehead atoms. The Balaban J connectivity index is 3.46. The summed E-state index contributed by atoms with van der Waals surface area (Å²) in [5, 5.41) is 48.8. The van der Waals surface area contributed by atoms with Crippen LogP contribution in [0.1, 0.15) is 32.1 Å². The number of rotatable bonds is 16. The van der Waals surface area contributed by atoms with Gasteiger partial charge in [-0.1, -0.05) is 0 Å². The molecule has 3 unspecified atom stereocenters. The molecule has 41 heavy (non-hydrogen) atoms. The van der Waals surface area contributed by atoms with Gasteiger partial charge in [0.05, 0.1) is 25.4 Å². The summed E-state index contributed by atoms with van der Waals surface area (Å²) in [6.07, 6.45) is -5.28. The van der Waals surface area contributed by atoms with E-state index in [-0.39, 0.29) is 13.1 Å². The van der Waals surface area contributed by atoms with Gasteiger partial charge in [-0.2, -0.15) is 0 Å². The van der Waals surface area contributed by atoms with Crippen molar-refractivity contribution in [3.05, 3.63) is 0 Å². The minimum absolute atomic E-state index is 0.300. The average molecular weight is 659 g/mol. The van der Waals surface area contributed by atoms with Gasteiger partial charge in [0.2, 0.25) is 10.9 Å². The van der Waals surface area contributed by atoms with Gasteiger partial charge >= 0.3 is 40.7 Å². The van der Waals surface area contributed by atoms with Crippen LogP contribution in [-0.4, -0.2) is 146 Å². The van der Waals surface area contributed by atoms with Gasteiger partial charge in [-0.05, 0) is 0 Å². The summed E-state index contributed by atoms with van der Waals surface area (Å²) in [5.74, 6) is -4.40. The van der Waals surface area contributed by atoms with Crippen LogP contribution in [0.25, 0.3) is 0 Å². The summed E-state index contributed by atoms with van der Waals surface area (Å²) in [6.45, 7) is -3.50. The predicted octanol–water partition coefficient (Wildman–Crippen LogP) is -2.08. The third-order valence-electron chi connectivity index (χ3n) is 6.36. The Morgan fingerprint density at radius 1 is 0.634 bits per heavy atom. The van der Waals surface area contributed by atoms with Crippen molar-refractivity contribution < 1.29 is 82.6 Å². The Morgan fingerprint density at radius 2 is 0.976 bits per heavy atom. The van der Waals surface area contributed by atoms with Gasteiger partial charge in [-0.25, -0.2) is 0 Å². The Morgan fingerprint density at radius 3 is 1.29 bits per heavy atom. The molecular weight excluding hydrogens is 623 g/mol. The third kappa shape index (κ3) is 11.3. The first-order chi connectivity index (χ1) is 18.5. The molecule has 1 rings (SSSR count). The summed E-state index contributed by atoms with van der Waals surface area (Å²) >= 11 is 0. The van der Waals surface area contributed by atoms with Crippen molar-refractivity contribution >= 4 is 40.7 Å². The topological polar surface area (TPSA) is 324 Å². The molecule has 0 aromatic carbocycles. The number of aliphatic hydroxyl groups is 2. The monoisotopic (exact) mass is 659 g/mol. The number of hydrogen-bond acceptors (Lipinski definition) is 12. The predicted molar refractivity (Wildman–Crippen MR) is 135 cm³/mol. The normalized spacial score (nSPS) is 21.4. The van der Waals surface area contributed by atoms with Gasteiger partial charge < -0.3 is 50.0 Å². The van der Waals surface area contributed by atoms with Crippen molar-refractivity contribution in [2.45, 2.75) is 43.0 Å². The molecule has 1 aliphatic rings. The van der Waals surface area contributed by atoms with Crippen LogP contribution in [0.2, 0.25) is 0 Å². The van der Waals surface area contributed by atoms with Crippen molar-refractivity contribution in [1.29, 1.82) is 0 Å². The fourth-order valence-electron chi connectivity index (χ4n) is 3.95. The van der Waals surface area contributed by atoms with Crippen molar-refractivity contribution in [3.63, 3.8) is 0 Å². The molecule has 0 saturated carbocycles. The Hall–Kier alpha value is -1.34. The highest BCUT2D eigenvalue weighted by Gasteiger charge is 2.53. The van der Waals surface area contributed by atoms with E-state index in [1.807, 2.05) is 0 Å². The molecule has 240 valence electrons. The largest absolute Gasteiger partial charge is 0.481 e. The molecule has 0 aromatic heterocycles. The Kier molecular flexibility index (Phi) is 13.7. The number of aliphatic carboxylic acids is 3. The van der Waals surface area contributed by atoms with E-state index in [1.165, 1.54) is 4.90 Å². The fraction of sp³-hybridized carbons (Fsp3) is 0.833. The van der Waals surface area contributed by atoms with Crippen LogP contribution in [-0.2, 0) is 32.6 Å². The number of carboxylic acid groups (broad SMARTS) is 3. The van der Waals surface area contributed by atoms with E-state index >= 15 is 0 Å². The SMILES string of the molecule is O=C(O)CCC(O)(N1CCN(COP(=O)(O)CCC(=O)O)CCN(C(O)(CCC(=O)O)P(=O)(O)O)CC1)P(=O)(O)O. The first-order valence-electron chi connectivity index (χ1n) is 11.9. The van der Waals surface area contributed by atoms with E-state index in [1.54, 1.807) is 0 Å². The smallest absolute Gasteiger partial charge is 0.372 e. The van der Waals surface area contributed by atoms with Crippen molar-refractivity contribution in [3.8, 4) is 0 Å². The molecule has 1 saturated heterocycles. The average Bonchev–Trinajstić information content (AvgIpc) is 2.93. The minimum atomic E-state index is -5.54. The molecule has 23 heteroatoms. The Bertz CT molecular complexity index is 1020. The van der Waals surface area contributed by atoms with Gasteiger partial charge in [-0.3, -0.25) is 47.3 Å². The van der Waals surface area contributed by atoms with Crippen LogP contribution < -0.4 is 0 Å². The highest BCUT2D eigenvalue weighted by atomic mass is 31.2. The fourth-order valence-corrected chi connectivity index (χ4v) is 6.83. The second-order valence-corrected chi connectivity index (χ2v) is 14.9. The minimum Gasteiger partial charge on any atom is -0.481 e. The molecule has 1 fully saturated rings. The van der Waals surface area contributed by atoms with Crippen LogP contribution in [0.15, 0.2) is 0 Å². The number of carboxylic acids is 3. The number of hydrogen-bond donors (Lipinski definition) is 10. The van der Waals surface area contributed by atoms with Crippen molar-refractivity contribution in [2.24, 2.45) is 0 Å². The molecule has 0 amide bonds. The zero-order valence-corrected chi connectivity index (χ0v) is 24.4. The van der Waals surface area contributed by atoms with Gasteiger partial charge in [-0.15, -0.1) is 0 Å². The maximum atomic E-state index is 12.3. The van der Waals surface area contributed by atoms with E-state index in [9.17, 15) is 62.8 Å². The highest BCUT2D eigenvalue weighted by molar-refractivity contribution is 7.53. The van der Waals surface area contributed by atoms with Crippen molar-refractivity contribution in [1.82, 2.24) is 14.7 Å². The lowest BCUT2D eigenvalue weighted by Gasteiger charge is -2.42. The van der Waals surface area contributed by atoms with E-state index in [0.29, 0.717) is 0 Å². The third-order valence-corrected chi connectivity index (χ3v) is 10.5. The maximum absolute atomic E-state index is 12.3. The summed E-state index contributed by atoms with van der Waals surface area (Å²) in [4.78, 5) is 85.2. The quantitative estimate of drug-likeness (QED) is 0.0794. The molecule has 1 aliphatic heterocycles. The van der Waals surface area contributed by atoms with E-state index in [0.717, 1.165) is 9.80 Å². The summed E-state index contributed by atoms with van der Waals surface area (Å²) in [6, 6.07) is 0. The van der Waals surface area contributed by atoms with Gasteiger partial charge in [0, 0.05) is 52.1 Å². The first-order valence-corrected chi connectivity index (χ1v) is 16.9. The summed E-state index contributed by atoms with van der Waals surface area (Å²) < 4.78 is 41.8. The molecular formula is C18H36N3O17P3. The summed E-state index contributed by atoms with van der Waals surface area (Å²) in [5.41, 5.74) is -6.22. The van der Waals surface area contributed by atoms with Crippen LogP contribution >= 0.6 is 22.8 Å². The van der Waals surface area contributed by atoms with Gasteiger partial charge in [0.25, 0.3) is 0 Å². The van der Waals surface area contributed by atoms with Gasteiger partial charge in [0.15, 0.2) is 0 Å².